The van der Waals surface area contributed by atoms with E-state index in [4.69, 9.17) is 10.5 Å². The highest BCUT2D eigenvalue weighted by Gasteiger charge is 2.01. The lowest BCUT2D eigenvalue weighted by atomic mass is 10.3. The summed E-state index contributed by atoms with van der Waals surface area (Å²) in [7, 11) is 1.53. The maximum Gasteiger partial charge on any atom is 0.318 e. The largest absolute Gasteiger partial charge is 0.467 e. The fourth-order valence-corrected chi connectivity index (χ4v) is 0.831. The fourth-order valence-electron chi connectivity index (χ4n) is 0.831. The molecule has 0 saturated heterocycles. The van der Waals surface area contributed by atoms with Gasteiger partial charge in [0, 0.05) is 18.8 Å². The molecule has 13 heavy (non-hydrogen) atoms. The Labute approximate surface area is 77.3 Å². The van der Waals surface area contributed by atoms with Gasteiger partial charge in [0.05, 0.1) is 7.11 Å². The standard InChI is InChI=1S/C8H14N4O/c1-6(5-9)11-7-3-4-10-8(12-7)13-2/h3-4,6H,5,9H2,1-2H3,(H,10,11,12). The van der Waals surface area contributed by atoms with Gasteiger partial charge >= 0.3 is 6.01 Å². The van der Waals surface area contributed by atoms with E-state index in [2.05, 4.69) is 15.3 Å². The van der Waals surface area contributed by atoms with Gasteiger partial charge in [-0.05, 0) is 13.0 Å². The minimum Gasteiger partial charge on any atom is -0.467 e. The summed E-state index contributed by atoms with van der Waals surface area (Å²) in [4.78, 5) is 7.97. The van der Waals surface area contributed by atoms with Gasteiger partial charge in [-0.2, -0.15) is 4.98 Å². The summed E-state index contributed by atoms with van der Waals surface area (Å²) in [6, 6.07) is 2.32. The normalized spacial score (nSPS) is 12.2. The minimum atomic E-state index is 0.194. The highest BCUT2D eigenvalue weighted by atomic mass is 16.5. The Morgan fingerprint density at radius 3 is 3.08 bits per heavy atom. The summed E-state index contributed by atoms with van der Waals surface area (Å²) < 4.78 is 4.88. The Morgan fingerprint density at radius 1 is 1.69 bits per heavy atom. The molecule has 0 saturated carbocycles. The first kappa shape index (κ1) is 9.73. The minimum absolute atomic E-state index is 0.194. The van der Waals surface area contributed by atoms with E-state index in [1.54, 1.807) is 12.3 Å². The number of anilines is 1. The first-order chi connectivity index (χ1) is 6.26. The molecule has 1 aromatic rings. The van der Waals surface area contributed by atoms with Crippen LogP contribution in [-0.2, 0) is 0 Å². The zero-order chi connectivity index (χ0) is 9.68. The summed E-state index contributed by atoms with van der Waals surface area (Å²) in [5.41, 5.74) is 5.45. The van der Waals surface area contributed by atoms with Crippen molar-refractivity contribution in [1.82, 2.24) is 9.97 Å². The topological polar surface area (TPSA) is 73.1 Å². The molecule has 1 heterocycles. The molecule has 0 fully saturated rings. The van der Waals surface area contributed by atoms with Crippen molar-refractivity contribution in [2.45, 2.75) is 13.0 Å². The summed E-state index contributed by atoms with van der Waals surface area (Å²) in [6.07, 6.45) is 1.64. The predicted molar refractivity (Wildman–Crippen MR) is 50.7 cm³/mol. The van der Waals surface area contributed by atoms with E-state index in [9.17, 15) is 0 Å². The molecule has 3 N–H and O–H groups in total. The summed E-state index contributed by atoms with van der Waals surface area (Å²) in [5, 5.41) is 3.11. The Morgan fingerprint density at radius 2 is 2.46 bits per heavy atom. The molecule has 0 spiro atoms. The SMILES string of the molecule is COc1nccc(NC(C)CN)n1. The molecule has 0 bridgehead atoms. The molecule has 0 aliphatic rings. The zero-order valence-corrected chi connectivity index (χ0v) is 7.82. The van der Waals surface area contributed by atoms with Crippen LogP contribution in [0, 0.1) is 0 Å². The number of hydrogen-bond acceptors (Lipinski definition) is 5. The van der Waals surface area contributed by atoms with E-state index in [-0.39, 0.29) is 6.04 Å². The summed E-state index contributed by atoms with van der Waals surface area (Å²) in [5.74, 6) is 0.727. The smallest absolute Gasteiger partial charge is 0.318 e. The lowest BCUT2D eigenvalue weighted by Crippen LogP contribution is -2.25. The number of nitrogens with one attached hydrogen (secondary N) is 1. The van der Waals surface area contributed by atoms with E-state index in [0.717, 1.165) is 5.82 Å². The fraction of sp³-hybridized carbons (Fsp3) is 0.500. The second-order valence-electron chi connectivity index (χ2n) is 2.71. The molecule has 1 unspecified atom stereocenters. The van der Waals surface area contributed by atoms with Crippen LogP contribution in [0.4, 0.5) is 5.82 Å². The van der Waals surface area contributed by atoms with Crippen molar-refractivity contribution in [2.24, 2.45) is 5.73 Å². The maximum absolute atomic E-state index is 5.45. The first-order valence-corrected chi connectivity index (χ1v) is 4.10. The number of aromatic nitrogens is 2. The van der Waals surface area contributed by atoms with Crippen LogP contribution in [0.1, 0.15) is 6.92 Å². The third-order valence-electron chi connectivity index (χ3n) is 1.56. The van der Waals surface area contributed by atoms with Crippen LogP contribution in [0.3, 0.4) is 0 Å². The van der Waals surface area contributed by atoms with Gasteiger partial charge in [0.25, 0.3) is 0 Å². The van der Waals surface area contributed by atoms with E-state index >= 15 is 0 Å². The molecule has 1 rings (SSSR count). The average molecular weight is 182 g/mol. The number of methoxy groups -OCH3 is 1. The molecule has 72 valence electrons. The van der Waals surface area contributed by atoms with Crippen molar-refractivity contribution in [2.75, 3.05) is 19.0 Å². The number of rotatable bonds is 4. The van der Waals surface area contributed by atoms with Crippen molar-refractivity contribution < 1.29 is 4.74 Å². The molecule has 0 aromatic carbocycles. The molecule has 5 heteroatoms. The monoisotopic (exact) mass is 182 g/mol. The third-order valence-corrected chi connectivity index (χ3v) is 1.56. The summed E-state index contributed by atoms with van der Waals surface area (Å²) in [6.45, 7) is 2.54. The molecule has 0 aliphatic heterocycles. The van der Waals surface area contributed by atoms with Gasteiger partial charge in [0.15, 0.2) is 0 Å². The van der Waals surface area contributed by atoms with Crippen LogP contribution in [0.2, 0.25) is 0 Å². The van der Waals surface area contributed by atoms with Crippen LogP contribution < -0.4 is 15.8 Å². The molecular weight excluding hydrogens is 168 g/mol. The van der Waals surface area contributed by atoms with Crippen molar-refractivity contribution in [3.63, 3.8) is 0 Å². The van der Waals surface area contributed by atoms with Gasteiger partial charge in [-0.25, -0.2) is 4.98 Å². The highest BCUT2D eigenvalue weighted by Crippen LogP contribution is 2.07. The van der Waals surface area contributed by atoms with Crippen LogP contribution in [0.15, 0.2) is 12.3 Å². The first-order valence-electron chi connectivity index (χ1n) is 4.10. The number of hydrogen-bond donors (Lipinski definition) is 2. The van der Waals surface area contributed by atoms with Crippen LogP contribution in [0.25, 0.3) is 0 Å². The zero-order valence-electron chi connectivity index (χ0n) is 7.82. The number of nitrogens with two attached hydrogens (primary N) is 1. The van der Waals surface area contributed by atoms with Gasteiger partial charge in [0.2, 0.25) is 0 Å². The second kappa shape index (κ2) is 4.61. The molecule has 1 aromatic heterocycles. The van der Waals surface area contributed by atoms with Gasteiger partial charge in [-0.15, -0.1) is 0 Å². The van der Waals surface area contributed by atoms with E-state index < -0.39 is 0 Å². The summed E-state index contributed by atoms with van der Waals surface area (Å²) >= 11 is 0. The Hall–Kier alpha value is -1.36. The molecule has 0 radical (unpaired) electrons. The number of ether oxygens (including phenoxy) is 1. The van der Waals surface area contributed by atoms with E-state index in [1.807, 2.05) is 6.92 Å². The van der Waals surface area contributed by atoms with Gasteiger partial charge in [-0.3, -0.25) is 0 Å². The van der Waals surface area contributed by atoms with Crippen LogP contribution in [0.5, 0.6) is 6.01 Å². The molecule has 1 atom stereocenters. The molecule has 5 nitrogen and oxygen atoms in total. The van der Waals surface area contributed by atoms with Crippen molar-refractivity contribution in [3.8, 4) is 6.01 Å². The average Bonchev–Trinajstić information content (AvgIpc) is 2.18. The van der Waals surface area contributed by atoms with Gasteiger partial charge in [-0.1, -0.05) is 0 Å². The maximum atomic E-state index is 5.45. The van der Waals surface area contributed by atoms with Gasteiger partial charge < -0.3 is 15.8 Å². The van der Waals surface area contributed by atoms with E-state index in [0.29, 0.717) is 12.6 Å². The lowest BCUT2D eigenvalue weighted by Gasteiger charge is -2.11. The number of nitrogens with zero attached hydrogens (tertiary/aromatic N) is 2. The predicted octanol–water partition coefficient (Wildman–Crippen LogP) is 0.244. The molecular formula is C8H14N4O. The highest BCUT2D eigenvalue weighted by molar-refractivity contribution is 5.34. The quantitative estimate of drug-likeness (QED) is 0.698. The van der Waals surface area contributed by atoms with Crippen LogP contribution >= 0.6 is 0 Å². The van der Waals surface area contributed by atoms with E-state index in [1.165, 1.54) is 7.11 Å². The Kier molecular flexibility index (Phi) is 3.45. The third kappa shape index (κ3) is 2.87. The second-order valence-corrected chi connectivity index (χ2v) is 2.71. The van der Waals surface area contributed by atoms with Crippen molar-refractivity contribution in [1.29, 1.82) is 0 Å². The Balaban J connectivity index is 2.66. The van der Waals surface area contributed by atoms with Crippen molar-refractivity contribution >= 4 is 5.82 Å². The molecule has 0 amide bonds. The Bertz CT molecular complexity index is 266. The lowest BCUT2D eigenvalue weighted by molar-refractivity contribution is 0.380. The van der Waals surface area contributed by atoms with Crippen molar-refractivity contribution in [3.05, 3.63) is 12.3 Å². The van der Waals surface area contributed by atoms with Crippen LogP contribution in [-0.4, -0.2) is 29.7 Å². The van der Waals surface area contributed by atoms with Gasteiger partial charge in [0.1, 0.15) is 5.82 Å². The molecule has 0 aliphatic carbocycles.